The molecule has 23 heavy (non-hydrogen) atoms. The molecular weight excluding hydrogens is 284 g/mol. The van der Waals surface area contributed by atoms with Crippen molar-refractivity contribution < 1.29 is 0 Å². The molecule has 3 heterocycles. The Labute approximate surface area is 135 Å². The monoisotopic (exact) mass is 302 g/mol. The van der Waals surface area contributed by atoms with Gasteiger partial charge in [-0.3, -0.25) is 4.98 Å². The highest BCUT2D eigenvalue weighted by Gasteiger charge is 2.28. The Morgan fingerprint density at radius 3 is 2.57 bits per heavy atom. The molecule has 0 N–H and O–H groups in total. The van der Waals surface area contributed by atoms with Crippen LogP contribution < -0.4 is 4.90 Å². The van der Waals surface area contributed by atoms with E-state index in [1.165, 1.54) is 0 Å². The van der Waals surface area contributed by atoms with Gasteiger partial charge in [0.1, 0.15) is 5.82 Å². The van der Waals surface area contributed by atoms with E-state index in [0.29, 0.717) is 6.04 Å². The summed E-state index contributed by atoms with van der Waals surface area (Å²) in [5, 5.41) is 0. The normalized spacial score (nSPS) is 17.4. The Morgan fingerprint density at radius 1 is 0.870 bits per heavy atom. The zero-order valence-electron chi connectivity index (χ0n) is 12.8. The molecule has 1 aliphatic rings. The molecule has 4 heteroatoms. The molecule has 1 fully saturated rings. The molecule has 4 rings (SSSR count). The summed E-state index contributed by atoms with van der Waals surface area (Å²) in [7, 11) is 0. The number of pyridine rings is 1. The standard InChI is InChI=1S/C19H18N4/c1-2-7-15(8-3-1)19-21-13-11-18(22-19)23-14-6-10-17(23)16-9-4-5-12-20-16/h1-5,7-9,11-13,17H,6,10,14H2. The third-order valence-corrected chi connectivity index (χ3v) is 4.25. The van der Waals surface area contributed by atoms with Gasteiger partial charge in [0.2, 0.25) is 0 Å². The van der Waals surface area contributed by atoms with E-state index in [1.54, 1.807) is 0 Å². The fourth-order valence-electron chi connectivity index (χ4n) is 3.16. The van der Waals surface area contributed by atoms with Crippen molar-refractivity contribution in [1.29, 1.82) is 0 Å². The van der Waals surface area contributed by atoms with Gasteiger partial charge in [0, 0.05) is 24.5 Å². The van der Waals surface area contributed by atoms with Crippen molar-refractivity contribution in [2.75, 3.05) is 11.4 Å². The van der Waals surface area contributed by atoms with Gasteiger partial charge in [-0.25, -0.2) is 9.97 Å². The first-order chi connectivity index (χ1) is 11.4. The van der Waals surface area contributed by atoms with E-state index in [4.69, 9.17) is 4.98 Å². The van der Waals surface area contributed by atoms with Crippen molar-refractivity contribution in [2.24, 2.45) is 0 Å². The molecule has 1 atom stereocenters. The maximum absolute atomic E-state index is 4.79. The molecule has 1 aromatic carbocycles. The highest BCUT2D eigenvalue weighted by Crippen LogP contribution is 2.34. The van der Waals surface area contributed by atoms with Gasteiger partial charge in [-0.2, -0.15) is 0 Å². The van der Waals surface area contributed by atoms with E-state index < -0.39 is 0 Å². The lowest BCUT2D eigenvalue weighted by Crippen LogP contribution is -2.24. The molecule has 114 valence electrons. The smallest absolute Gasteiger partial charge is 0.161 e. The molecule has 0 bridgehead atoms. The van der Waals surface area contributed by atoms with Crippen LogP contribution in [0.2, 0.25) is 0 Å². The summed E-state index contributed by atoms with van der Waals surface area (Å²) in [5.41, 5.74) is 2.16. The molecular formula is C19H18N4. The second kappa shape index (κ2) is 6.16. The zero-order chi connectivity index (χ0) is 15.5. The molecule has 0 spiro atoms. The van der Waals surface area contributed by atoms with Crippen LogP contribution in [-0.2, 0) is 0 Å². The number of aromatic nitrogens is 3. The largest absolute Gasteiger partial charge is 0.348 e. The van der Waals surface area contributed by atoms with Gasteiger partial charge in [0.25, 0.3) is 0 Å². The number of nitrogens with zero attached hydrogens (tertiary/aromatic N) is 4. The van der Waals surface area contributed by atoms with E-state index >= 15 is 0 Å². The lowest BCUT2D eigenvalue weighted by Gasteiger charge is -2.25. The third-order valence-electron chi connectivity index (χ3n) is 4.25. The van der Waals surface area contributed by atoms with E-state index in [1.807, 2.05) is 60.9 Å². The molecule has 0 saturated carbocycles. The first kappa shape index (κ1) is 13.9. The van der Waals surface area contributed by atoms with Gasteiger partial charge >= 0.3 is 0 Å². The van der Waals surface area contributed by atoms with Crippen LogP contribution in [0.15, 0.2) is 67.0 Å². The van der Waals surface area contributed by atoms with Gasteiger partial charge in [-0.1, -0.05) is 36.4 Å². The van der Waals surface area contributed by atoms with Crippen molar-refractivity contribution in [3.8, 4) is 11.4 Å². The maximum atomic E-state index is 4.79. The number of anilines is 1. The molecule has 0 amide bonds. The van der Waals surface area contributed by atoms with Crippen LogP contribution in [-0.4, -0.2) is 21.5 Å². The minimum Gasteiger partial charge on any atom is -0.348 e. The first-order valence-corrected chi connectivity index (χ1v) is 7.98. The van der Waals surface area contributed by atoms with Crippen molar-refractivity contribution in [3.05, 3.63) is 72.7 Å². The SMILES string of the molecule is c1ccc(-c2nccc(N3CCCC3c3ccccn3)n2)cc1. The van der Waals surface area contributed by atoms with Gasteiger partial charge in [-0.15, -0.1) is 0 Å². The molecule has 4 nitrogen and oxygen atoms in total. The minimum atomic E-state index is 0.301. The summed E-state index contributed by atoms with van der Waals surface area (Å²) in [5.74, 6) is 1.75. The van der Waals surface area contributed by atoms with Crippen molar-refractivity contribution >= 4 is 5.82 Å². The Balaban J connectivity index is 1.68. The maximum Gasteiger partial charge on any atom is 0.161 e. The lowest BCUT2D eigenvalue weighted by atomic mass is 10.1. The minimum absolute atomic E-state index is 0.301. The van der Waals surface area contributed by atoms with Crippen molar-refractivity contribution in [3.63, 3.8) is 0 Å². The first-order valence-electron chi connectivity index (χ1n) is 7.98. The van der Waals surface area contributed by atoms with E-state index in [-0.39, 0.29) is 0 Å². The van der Waals surface area contributed by atoms with Crippen molar-refractivity contribution in [2.45, 2.75) is 18.9 Å². The van der Waals surface area contributed by atoms with Crippen molar-refractivity contribution in [1.82, 2.24) is 15.0 Å². The second-order valence-electron chi connectivity index (χ2n) is 5.71. The highest BCUT2D eigenvalue weighted by atomic mass is 15.2. The molecule has 2 aromatic heterocycles. The molecule has 0 radical (unpaired) electrons. The van der Waals surface area contributed by atoms with Crippen LogP contribution >= 0.6 is 0 Å². The topological polar surface area (TPSA) is 41.9 Å². The molecule has 0 aliphatic carbocycles. The Hall–Kier alpha value is -2.75. The van der Waals surface area contributed by atoms with E-state index in [2.05, 4.69) is 20.9 Å². The molecule has 1 unspecified atom stereocenters. The van der Waals surface area contributed by atoms with Gasteiger partial charge < -0.3 is 4.90 Å². The fourth-order valence-corrected chi connectivity index (χ4v) is 3.16. The number of rotatable bonds is 3. The van der Waals surface area contributed by atoms with Crippen LogP contribution in [0.4, 0.5) is 5.82 Å². The van der Waals surface area contributed by atoms with E-state index in [9.17, 15) is 0 Å². The number of benzene rings is 1. The predicted octanol–water partition coefficient (Wildman–Crippen LogP) is 3.88. The second-order valence-corrected chi connectivity index (χ2v) is 5.71. The lowest BCUT2D eigenvalue weighted by molar-refractivity contribution is 0.687. The molecule has 1 saturated heterocycles. The summed E-state index contributed by atoms with van der Waals surface area (Å²) in [6, 6.07) is 18.5. The average molecular weight is 302 g/mol. The van der Waals surface area contributed by atoms with Gasteiger partial charge in [0.05, 0.1) is 11.7 Å². The molecule has 3 aromatic rings. The van der Waals surface area contributed by atoms with Crippen LogP contribution in [0.1, 0.15) is 24.6 Å². The Bertz CT molecular complexity index is 774. The van der Waals surface area contributed by atoms with Crippen LogP contribution in [0.25, 0.3) is 11.4 Å². The van der Waals surface area contributed by atoms with E-state index in [0.717, 1.165) is 42.3 Å². The average Bonchev–Trinajstić information content (AvgIpc) is 3.13. The third kappa shape index (κ3) is 2.80. The van der Waals surface area contributed by atoms with Crippen LogP contribution in [0, 0.1) is 0 Å². The summed E-state index contributed by atoms with van der Waals surface area (Å²) in [6.07, 6.45) is 5.98. The van der Waals surface area contributed by atoms with Crippen LogP contribution in [0.3, 0.4) is 0 Å². The summed E-state index contributed by atoms with van der Waals surface area (Å²) < 4.78 is 0. The van der Waals surface area contributed by atoms with Gasteiger partial charge in [-0.05, 0) is 31.0 Å². The summed E-state index contributed by atoms with van der Waals surface area (Å²) >= 11 is 0. The highest BCUT2D eigenvalue weighted by molar-refractivity contribution is 5.57. The summed E-state index contributed by atoms with van der Waals surface area (Å²) in [4.78, 5) is 16.1. The molecule has 1 aliphatic heterocycles. The summed E-state index contributed by atoms with van der Waals surface area (Å²) in [6.45, 7) is 1.01. The van der Waals surface area contributed by atoms with Crippen LogP contribution in [0.5, 0.6) is 0 Å². The Kier molecular flexibility index (Phi) is 3.72. The zero-order valence-corrected chi connectivity index (χ0v) is 12.8. The number of hydrogen-bond donors (Lipinski definition) is 0. The Morgan fingerprint density at radius 2 is 1.74 bits per heavy atom. The number of hydrogen-bond acceptors (Lipinski definition) is 4. The van der Waals surface area contributed by atoms with Gasteiger partial charge in [0.15, 0.2) is 5.82 Å². The predicted molar refractivity (Wildman–Crippen MR) is 91.0 cm³/mol. The quantitative estimate of drug-likeness (QED) is 0.736. The fraction of sp³-hybridized carbons (Fsp3) is 0.211.